The van der Waals surface area contributed by atoms with Gasteiger partial charge in [0.1, 0.15) is 19.0 Å². The number of rotatable bonds is 11. The van der Waals surface area contributed by atoms with E-state index in [9.17, 15) is 24.0 Å². The molecule has 0 bridgehead atoms. The number of imide groups is 1. The van der Waals surface area contributed by atoms with Crippen LogP contribution < -0.4 is 0 Å². The van der Waals surface area contributed by atoms with Crippen molar-refractivity contribution in [3.63, 3.8) is 0 Å². The lowest BCUT2D eigenvalue weighted by Crippen LogP contribution is -2.68. The van der Waals surface area contributed by atoms with E-state index in [1.165, 1.54) is 17.1 Å². The lowest BCUT2D eigenvalue weighted by Gasteiger charge is -2.51. The number of carbonyl (C=O) groups excluding carboxylic acids is 5. The Balaban J connectivity index is 2.29. The van der Waals surface area contributed by atoms with Gasteiger partial charge in [0.2, 0.25) is 5.91 Å². The van der Waals surface area contributed by atoms with Crippen LogP contribution in [0.5, 0.6) is 0 Å². The fourth-order valence-electron chi connectivity index (χ4n) is 5.06. The minimum absolute atomic E-state index is 0.0705. The van der Waals surface area contributed by atoms with Crippen LogP contribution in [-0.2, 0) is 33.1 Å². The van der Waals surface area contributed by atoms with Gasteiger partial charge < -0.3 is 18.8 Å². The Kier molecular flexibility index (Phi) is 11.0. The van der Waals surface area contributed by atoms with Crippen LogP contribution in [0.4, 0.5) is 4.79 Å². The number of hydrogen-bond acceptors (Lipinski definition) is 8. The lowest BCUT2D eigenvalue weighted by molar-refractivity contribution is -0.181. The number of β-lactam (4-membered cyclic amide) rings is 1. The highest BCUT2D eigenvalue weighted by atomic mass is 28.3. The van der Waals surface area contributed by atoms with Crippen LogP contribution in [0.3, 0.4) is 0 Å². The van der Waals surface area contributed by atoms with E-state index < -0.39 is 50.8 Å². The third-order valence-electron chi connectivity index (χ3n) is 7.15. The molecule has 2 saturated heterocycles. The van der Waals surface area contributed by atoms with Gasteiger partial charge in [-0.15, -0.1) is 0 Å². The molecule has 0 radical (unpaired) electrons. The minimum atomic E-state index is -1.41. The average molecular weight is 551 g/mol. The molecule has 0 N–H and O–H groups in total. The van der Waals surface area contributed by atoms with Gasteiger partial charge in [-0.2, -0.15) is 0 Å². The van der Waals surface area contributed by atoms with Gasteiger partial charge in [0, 0.05) is 31.5 Å². The quantitative estimate of drug-likeness (QED) is 0.127. The van der Waals surface area contributed by atoms with Gasteiger partial charge in [-0.3, -0.25) is 19.3 Å². The van der Waals surface area contributed by atoms with Crippen molar-refractivity contribution in [3.05, 3.63) is 25.3 Å². The van der Waals surface area contributed by atoms with E-state index in [-0.39, 0.29) is 49.3 Å². The van der Waals surface area contributed by atoms with E-state index in [0.29, 0.717) is 13.0 Å². The van der Waals surface area contributed by atoms with Gasteiger partial charge >= 0.3 is 18.0 Å². The summed E-state index contributed by atoms with van der Waals surface area (Å²) in [5.41, 5.74) is -0.364. The van der Waals surface area contributed by atoms with Crippen molar-refractivity contribution in [2.75, 3.05) is 26.4 Å². The summed E-state index contributed by atoms with van der Waals surface area (Å²) in [6, 6.07) is -1.02. The van der Waals surface area contributed by atoms with Gasteiger partial charge in [-0.05, 0) is 37.8 Å². The van der Waals surface area contributed by atoms with E-state index in [2.05, 4.69) is 13.2 Å². The maximum atomic E-state index is 13.5. The van der Waals surface area contributed by atoms with Crippen molar-refractivity contribution < 1.29 is 37.9 Å². The highest BCUT2D eigenvalue weighted by molar-refractivity contribution is 6.48. The molecule has 0 saturated carbocycles. The van der Waals surface area contributed by atoms with Gasteiger partial charge in [0.15, 0.2) is 9.04 Å². The second kappa shape index (κ2) is 13.3. The number of nitrogens with zero attached hydrogens (tertiary/aromatic N) is 2. The van der Waals surface area contributed by atoms with Crippen molar-refractivity contribution in [2.45, 2.75) is 65.7 Å². The fourth-order valence-corrected chi connectivity index (χ4v) is 5.66. The van der Waals surface area contributed by atoms with Crippen LogP contribution in [0.1, 0.15) is 40.5 Å². The molecule has 10 nitrogen and oxygen atoms in total. The molecule has 2 heterocycles. The van der Waals surface area contributed by atoms with E-state index in [0.717, 1.165) is 4.90 Å². The fraction of sp³-hybridized carbons (Fsp3) is 0.667. The third kappa shape index (κ3) is 7.40. The molecule has 0 aromatic heterocycles. The molecule has 2 fully saturated rings. The Labute approximate surface area is 227 Å². The molecule has 0 aromatic rings. The molecule has 2 aliphatic rings. The largest absolute Gasteiger partial charge is 0.454 e. The molecule has 5 atom stereocenters. The maximum Gasteiger partial charge on any atom is 0.410 e. The normalized spacial score (nSPS) is 24.0. The molecule has 3 amide bonds. The summed E-state index contributed by atoms with van der Waals surface area (Å²) in [6.07, 6.45) is 2.60. The summed E-state index contributed by atoms with van der Waals surface area (Å²) in [5, 5.41) is 0. The molecule has 0 aliphatic carbocycles. The van der Waals surface area contributed by atoms with Crippen molar-refractivity contribution in [1.82, 2.24) is 9.80 Å². The zero-order valence-electron chi connectivity index (χ0n) is 23.4. The molecule has 0 spiro atoms. The van der Waals surface area contributed by atoms with Crippen LogP contribution in [-0.4, -0.2) is 86.9 Å². The highest BCUT2D eigenvalue weighted by Crippen LogP contribution is 2.44. The molecule has 11 heteroatoms. The van der Waals surface area contributed by atoms with Crippen molar-refractivity contribution in [2.24, 2.45) is 23.2 Å². The monoisotopic (exact) mass is 550 g/mol. The summed E-state index contributed by atoms with van der Waals surface area (Å²) in [7, 11) is -1.41. The Morgan fingerprint density at radius 1 is 1.11 bits per heavy atom. The molecule has 0 aromatic carbocycles. The first-order chi connectivity index (χ1) is 17.7. The van der Waals surface area contributed by atoms with Crippen LogP contribution >= 0.6 is 0 Å². The van der Waals surface area contributed by atoms with Crippen molar-refractivity contribution in [1.29, 1.82) is 0 Å². The van der Waals surface area contributed by atoms with E-state index >= 15 is 0 Å². The first kappa shape index (κ1) is 31.4. The summed E-state index contributed by atoms with van der Waals surface area (Å²) in [6.45, 7) is 19.3. The summed E-state index contributed by atoms with van der Waals surface area (Å²) >= 11 is 0. The third-order valence-corrected chi connectivity index (χ3v) is 8.01. The summed E-state index contributed by atoms with van der Waals surface area (Å²) in [4.78, 5) is 66.8. The number of esters is 1. The summed E-state index contributed by atoms with van der Waals surface area (Å²) in [5.74, 6) is -4.37. The standard InChI is InChI=1S/C27H42N2O8Si/c1-9-11-35-25(33)24(32)29-20(22(23(29)31)19(27(4,5)6)16-37-38(7)8)14-21(30)18-13-17(3)28(15-18)26(34)36-12-10-2/h9-10,17-20,22,38H,1-2,11-16H2,3-8H3/t17-,18?,19-,20-,22+/m1/s1. The van der Waals surface area contributed by atoms with Gasteiger partial charge in [-0.1, -0.05) is 46.1 Å². The first-order valence-electron chi connectivity index (χ1n) is 13.1. The smallest absolute Gasteiger partial charge is 0.410 e. The molecule has 38 heavy (non-hydrogen) atoms. The SMILES string of the molecule is C=CCOC(=O)C(=O)N1C(=O)[C@@H]([C@@H](CO[SiH](C)C)C(C)(C)C)[C@H]1CC(=O)C1C[C@@H](C)N(C(=O)OCC=C)C1. The van der Waals surface area contributed by atoms with E-state index in [4.69, 9.17) is 13.9 Å². The zero-order valence-corrected chi connectivity index (χ0v) is 24.6. The molecule has 2 aliphatic heterocycles. The number of hydrogen-bond donors (Lipinski definition) is 0. The predicted octanol–water partition coefficient (Wildman–Crippen LogP) is 2.72. The van der Waals surface area contributed by atoms with Crippen LogP contribution in [0.2, 0.25) is 13.1 Å². The van der Waals surface area contributed by atoms with Gasteiger partial charge in [0.25, 0.3) is 0 Å². The van der Waals surface area contributed by atoms with Crippen molar-refractivity contribution >= 4 is 38.7 Å². The molecule has 2 rings (SSSR count). The zero-order chi connectivity index (χ0) is 28.8. The first-order valence-corrected chi connectivity index (χ1v) is 15.9. The second-order valence-electron chi connectivity index (χ2n) is 11.3. The molecule has 212 valence electrons. The lowest BCUT2D eigenvalue weighted by atomic mass is 9.65. The minimum Gasteiger partial charge on any atom is -0.454 e. The number of likely N-dealkylation sites (tertiary alicyclic amines) is 2. The van der Waals surface area contributed by atoms with Gasteiger partial charge in [0.05, 0.1) is 12.0 Å². The van der Waals surface area contributed by atoms with E-state index in [1.807, 2.05) is 40.8 Å². The Hall–Kier alpha value is -2.79. The topological polar surface area (TPSA) is 120 Å². The number of Topliss-reactive ketones (excluding diaryl/α,β-unsaturated/α-hetero) is 1. The van der Waals surface area contributed by atoms with Crippen LogP contribution in [0.15, 0.2) is 25.3 Å². The number of ether oxygens (including phenoxy) is 2. The predicted molar refractivity (Wildman–Crippen MR) is 144 cm³/mol. The van der Waals surface area contributed by atoms with Crippen molar-refractivity contribution in [3.8, 4) is 0 Å². The molecular formula is C27H42N2O8Si. The van der Waals surface area contributed by atoms with Gasteiger partial charge in [-0.25, -0.2) is 9.59 Å². The Morgan fingerprint density at radius 3 is 2.26 bits per heavy atom. The number of ketones is 1. The van der Waals surface area contributed by atoms with Crippen LogP contribution in [0, 0.1) is 23.2 Å². The van der Waals surface area contributed by atoms with Crippen LogP contribution in [0.25, 0.3) is 0 Å². The Morgan fingerprint density at radius 2 is 1.71 bits per heavy atom. The molecule has 1 unspecified atom stereocenters. The molecular weight excluding hydrogens is 508 g/mol. The Bertz CT molecular complexity index is 944. The van der Waals surface area contributed by atoms with E-state index in [1.54, 1.807) is 0 Å². The second-order valence-corrected chi connectivity index (χ2v) is 13.7. The maximum absolute atomic E-state index is 13.5. The average Bonchev–Trinajstić information content (AvgIpc) is 3.23. The number of amides is 3. The highest BCUT2D eigenvalue weighted by Gasteiger charge is 2.58. The number of carbonyl (C=O) groups is 5. The summed E-state index contributed by atoms with van der Waals surface area (Å²) < 4.78 is 16.0.